The number of anilines is 2. The number of halogens is 1. The van der Waals surface area contributed by atoms with Gasteiger partial charge in [0.25, 0.3) is 10.0 Å². The molecule has 0 aliphatic carbocycles. The molecule has 0 aliphatic rings. The Kier molecular flexibility index (Phi) is 4.55. The summed E-state index contributed by atoms with van der Waals surface area (Å²) in [6.45, 7) is 3.21. The minimum Gasteiger partial charge on any atom is -0.326 e. The SMILES string of the molecule is CC(=O)Nc1cc(NS(=O)(=O)c2ccc(Cl)s2)ccc1C. The van der Waals surface area contributed by atoms with Crippen LogP contribution >= 0.6 is 22.9 Å². The van der Waals surface area contributed by atoms with Gasteiger partial charge in [0.05, 0.1) is 10.0 Å². The first-order valence-corrected chi connectivity index (χ1v) is 8.62. The van der Waals surface area contributed by atoms with E-state index in [0.717, 1.165) is 16.9 Å². The molecule has 0 saturated carbocycles. The van der Waals surface area contributed by atoms with Crippen LogP contribution in [0.2, 0.25) is 4.34 Å². The molecule has 0 fully saturated rings. The minimum absolute atomic E-state index is 0.133. The number of benzene rings is 1. The summed E-state index contributed by atoms with van der Waals surface area (Å²) < 4.78 is 27.4. The van der Waals surface area contributed by atoms with Gasteiger partial charge in [-0.3, -0.25) is 9.52 Å². The van der Waals surface area contributed by atoms with E-state index in [1.165, 1.54) is 19.1 Å². The maximum atomic E-state index is 12.2. The largest absolute Gasteiger partial charge is 0.326 e. The molecule has 112 valence electrons. The van der Waals surface area contributed by atoms with E-state index in [-0.39, 0.29) is 10.1 Å². The standard InChI is InChI=1S/C13H13ClN2O3S2/c1-8-3-4-10(7-11(8)15-9(2)17)16-21(18,19)13-6-5-12(14)20-13/h3-7,16H,1-2H3,(H,15,17). The van der Waals surface area contributed by atoms with E-state index in [9.17, 15) is 13.2 Å². The zero-order chi connectivity index (χ0) is 15.6. The monoisotopic (exact) mass is 344 g/mol. The number of carbonyl (C=O) groups is 1. The number of hydrogen-bond acceptors (Lipinski definition) is 4. The Morgan fingerprint density at radius 1 is 1.24 bits per heavy atom. The average Bonchev–Trinajstić information content (AvgIpc) is 2.80. The molecule has 2 aromatic rings. The van der Waals surface area contributed by atoms with Gasteiger partial charge in [0.1, 0.15) is 4.21 Å². The molecule has 0 radical (unpaired) electrons. The Bertz CT molecular complexity index is 784. The van der Waals surface area contributed by atoms with E-state index >= 15 is 0 Å². The number of thiophene rings is 1. The number of amides is 1. The van der Waals surface area contributed by atoms with Gasteiger partial charge in [0, 0.05) is 12.6 Å². The van der Waals surface area contributed by atoms with E-state index in [1.54, 1.807) is 18.2 Å². The summed E-state index contributed by atoms with van der Waals surface area (Å²) in [7, 11) is -3.68. The third-order valence-corrected chi connectivity index (χ3v) is 5.72. The summed E-state index contributed by atoms with van der Waals surface area (Å²) in [5.74, 6) is -0.219. The molecule has 8 heteroatoms. The zero-order valence-corrected chi connectivity index (χ0v) is 13.7. The molecule has 2 rings (SSSR count). The topological polar surface area (TPSA) is 75.3 Å². The van der Waals surface area contributed by atoms with Crippen LogP contribution in [0.15, 0.2) is 34.5 Å². The lowest BCUT2D eigenvalue weighted by Gasteiger charge is -2.11. The van der Waals surface area contributed by atoms with Gasteiger partial charge in [-0.15, -0.1) is 11.3 Å². The first-order valence-electron chi connectivity index (χ1n) is 5.94. The smallest absolute Gasteiger partial charge is 0.271 e. The zero-order valence-electron chi connectivity index (χ0n) is 11.3. The molecule has 1 amide bonds. The number of hydrogen-bond donors (Lipinski definition) is 2. The highest BCUT2D eigenvalue weighted by atomic mass is 35.5. The van der Waals surface area contributed by atoms with E-state index in [4.69, 9.17) is 11.6 Å². The van der Waals surface area contributed by atoms with Gasteiger partial charge in [0.2, 0.25) is 5.91 Å². The second kappa shape index (κ2) is 6.05. The lowest BCUT2D eigenvalue weighted by atomic mass is 10.2. The van der Waals surface area contributed by atoms with Crippen LogP contribution in [-0.4, -0.2) is 14.3 Å². The maximum absolute atomic E-state index is 12.2. The lowest BCUT2D eigenvalue weighted by Crippen LogP contribution is -2.12. The molecule has 1 aromatic heterocycles. The summed E-state index contributed by atoms with van der Waals surface area (Å²) in [4.78, 5) is 11.1. The first kappa shape index (κ1) is 15.8. The fraction of sp³-hybridized carbons (Fsp3) is 0.154. The number of rotatable bonds is 4. The van der Waals surface area contributed by atoms with Crippen LogP contribution in [0.5, 0.6) is 0 Å². The Morgan fingerprint density at radius 3 is 2.52 bits per heavy atom. The summed E-state index contributed by atoms with van der Waals surface area (Å²) >= 11 is 6.73. The second-order valence-corrected chi connectivity index (χ2v) is 8.00. The van der Waals surface area contributed by atoms with E-state index in [2.05, 4.69) is 10.0 Å². The van der Waals surface area contributed by atoms with E-state index in [0.29, 0.717) is 15.7 Å². The van der Waals surface area contributed by atoms with Crippen LogP contribution in [-0.2, 0) is 14.8 Å². The third kappa shape index (κ3) is 3.96. The first-order chi connectivity index (χ1) is 9.78. The van der Waals surface area contributed by atoms with Gasteiger partial charge in [-0.25, -0.2) is 8.42 Å². The van der Waals surface area contributed by atoms with Gasteiger partial charge < -0.3 is 5.32 Å². The summed E-state index contributed by atoms with van der Waals surface area (Å²) in [6, 6.07) is 7.90. The van der Waals surface area contributed by atoms with Gasteiger partial charge in [-0.1, -0.05) is 17.7 Å². The number of carbonyl (C=O) groups excluding carboxylic acids is 1. The number of aryl methyl sites for hydroxylation is 1. The predicted molar refractivity (Wildman–Crippen MR) is 85.6 cm³/mol. The van der Waals surface area contributed by atoms with Crippen molar-refractivity contribution in [2.75, 3.05) is 10.0 Å². The Labute approximate surface area is 132 Å². The third-order valence-electron chi connectivity index (χ3n) is 2.61. The van der Waals surface area contributed by atoms with Gasteiger partial charge in [-0.05, 0) is 36.8 Å². The van der Waals surface area contributed by atoms with E-state index in [1.807, 2.05) is 6.92 Å². The highest BCUT2D eigenvalue weighted by Gasteiger charge is 2.17. The molecule has 0 spiro atoms. The molecule has 0 bridgehead atoms. The highest BCUT2D eigenvalue weighted by Crippen LogP contribution is 2.28. The molecular weight excluding hydrogens is 332 g/mol. The Hall–Kier alpha value is -1.57. The summed E-state index contributed by atoms with van der Waals surface area (Å²) in [6.07, 6.45) is 0. The molecule has 2 N–H and O–H groups in total. The van der Waals surface area contributed by atoms with Crippen molar-refractivity contribution >= 4 is 50.2 Å². The average molecular weight is 345 g/mol. The van der Waals surface area contributed by atoms with Crippen molar-refractivity contribution in [3.05, 3.63) is 40.2 Å². The van der Waals surface area contributed by atoms with Crippen LogP contribution < -0.4 is 10.0 Å². The maximum Gasteiger partial charge on any atom is 0.271 e. The molecule has 0 aliphatic heterocycles. The number of sulfonamides is 1. The van der Waals surface area contributed by atoms with Gasteiger partial charge in [0.15, 0.2) is 0 Å². The van der Waals surface area contributed by atoms with Crippen molar-refractivity contribution < 1.29 is 13.2 Å². The van der Waals surface area contributed by atoms with Crippen LogP contribution in [0.3, 0.4) is 0 Å². The van der Waals surface area contributed by atoms with Crippen molar-refractivity contribution in [1.82, 2.24) is 0 Å². The molecule has 1 aromatic carbocycles. The minimum atomic E-state index is -3.68. The summed E-state index contributed by atoms with van der Waals surface area (Å²) in [5, 5.41) is 2.65. The molecular formula is C13H13ClN2O3S2. The molecule has 21 heavy (non-hydrogen) atoms. The van der Waals surface area contributed by atoms with E-state index < -0.39 is 10.0 Å². The van der Waals surface area contributed by atoms with Gasteiger partial charge >= 0.3 is 0 Å². The van der Waals surface area contributed by atoms with Crippen LogP contribution in [0, 0.1) is 6.92 Å². The van der Waals surface area contributed by atoms with Crippen LogP contribution in [0.25, 0.3) is 0 Å². The van der Waals surface area contributed by atoms with Crippen molar-refractivity contribution in [2.24, 2.45) is 0 Å². The van der Waals surface area contributed by atoms with Crippen molar-refractivity contribution in [3.8, 4) is 0 Å². The Balaban J connectivity index is 2.29. The highest BCUT2D eigenvalue weighted by molar-refractivity contribution is 7.94. The number of nitrogens with one attached hydrogen (secondary N) is 2. The fourth-order valence-electron chi connectivity index (χ4n) is 1.66. The summed E-state index contributed by atoms with van der Waals surface area (Å²) in [5.41, 5.74) is 1.77. The van der Waals surface area contributed by atoms with Gasteiger partial charge in [-0.2, -0.15) is 0 Å². The second-order valence-electron chi connectivity index (χ2n) is 4.37. The van der Waals surface area contributed by atoms with Crippen LogP contribution in [0.1, 0.15) is 12.5 Å². The predicted octanol–water partition coefficient (Wildman–Crippen LogP) is 3.47. The van der Waals surface area contributed by atoms with Crippen LogP contribution in [0.4, 0.5) is 11.4 Å². The lowest BCUT2D eigenvalue weighted by molar-refractivity contribution is -0.114. The molecule has 0 atom stereocenters. The van der Waals surface area contributed by atoms with Crippen molar-refractivity contribution in [1.29, 1.82) is 0 Å². The quantitative estimate of drug-likeness (QED) is 0.891. The van der Waals surface area contributed by atoms with Crippen molar-refractivity contribution in [3.63, 3.8) is 0 Å². The molecule has 0 saturated heterocycles. The molecule has 5 nitrogen and oxygen atoms in total. The molecule has 1 heterocycles. The normalized spacial score (nSPS) is 11.2. The molecule has 0 unspecified atom stereocenters. The van der Waals surface area contributed by atoms with Crippen molar-refractivity contribution in [2.45, 2.75) is 18.1 Å². The Morgan fingerprint density at radius 2 is 1.95 bits per heavy atom. The fourth-order valence-corrected chi connectivity index (χ4v) is 4.19.